The summed E-state index contributed by atoms with van der Waals surface area (Å²) in [6, 6.07) is 22.8. The maximum Gasteiger partial charge on any atom is 0.338 e. The van der Waals surface area contributed by atoms with Gasteiger partial charge in [-0.1, -0.05) is 83.6 Å². The fourth-order valence-corrected chi connectivity index (χ4v) is 6.08. The van der Waals surface area contributed by atoms with Crippen LogP contribution in [0.4, 0.5) is 5.69 Å². The molecule has 1 atom stereocenters. The molecule has 6 rings (SSSR count). The van der Waals surface area contributed by atoms with Gasteiger partial charge in [-0.2, -0.15) is 0 Å². The van der Waals surface area contributed by atoms with E-state index in [2.05, 4.69) is 5.32 Å². The third kappa shape index (κ3) is 3.89. The molecule has 0 radical (unpaired) electrons. The first-order chi connectivity index (χ1) is 18.5. The predicted molar refractivity (Wildman–Crippen MR) is 147 cm³/mol. The van der Waals surface area contributed by atoms with Crippen molar-refractivity contribution in [3.8, 4) is 0 Å². The number of benzene rings is 3. The number of hydrogen-bond acceptors (Lipinski definition) is 6. The number of hydrogen-bond donors (Lipinski definition) is 1. The first-order valence-corrected chi connectivity index (χ1v) is 13.1. The lowest BCUT2D eigenvalue weighted by atomic mass is 9.93. The molecule has 2 aliphatic rings. The Labute approximate surface area is 226 Å². The highest BCUT2D eigenvalue weighted by molar-refractivity contribution is 7.07. The zero-order valence-corrected chi connectivity index (χ0v) is 21.7. The second-order valence-corrected chi connectivity index (χ2v) is 10.1. The Kier molecular flexibility index (Phi) is 6.06. The molecule has 3 heterocycles. The number of nitrogens with zero attached hydrogens (tertiary/aromatic N) is 2. The van der Waals surface area contributed by atoms with Crippen molar-refractivity contribution in [2.75, 3.05) is 11.9 Å². The van der Waals surface area contributed by atoms with Crippen LogP contribution in [0.25, 0.3) is 11.3 Å². The summed E-state index contributed by atoms with van der Waals surface area (Å²) >= 11 is 7.34. The van der Waals surface area contributed by atoms with Gasteiger partial charge in [0, 0.05) is 21.8 Å². The molecule has 3 aromatic carbocycles. The van der Waals surface area contributed by atoms with Crippen molar-refractivity contribution in [1.29, 1.82) is 0 Å². The Morgan fingerprint density at radius 2 is 1.76 bits per heavy atom. The minimum absolute atomic E-state index is 0.165. The van der Waals surface area contributed by atoms with Gasteiger partial charge in [0.15, 0.2) is 4.80 Å². The van der Waals surface area contributed by atoms with E-state index in [0.717, 1.165) is 16.9 Å². The van der Waals surface area contributed by atoms with E-state index in [-0.39, 0.29) is 22.3 Å². The highest BCUT2D eigenvalue weighted by atomic mass is 35.5. The van der Waals surface area contributed by atoms with Crippen molar-refractivity contribution in [1.82, 2.24) is 4.57 Å². The number of ether oxygens (including phenoxy) is 1. The molecule has 1 aromatic heterocycles. The van der Waals surface area contributed by atoms with Crippen molar-refractivity contribution in [3.05, 3.63) is 126 Å². The molecule has 0 aliphatic carbocycles. The van der Waals surface area contributed by atoms with E-state index in [0.29, 0.717) is 32.3 Å². The Morgan fingerprint density at radius 3 is 2.47 bits per heavy atom. The lowest BCUT2D eigenvalue weighted by Gasteiger charge is -2.25. The van der Waals surface area contributed by atoms with Crippen LogP contribution in [0.2, 0.25) is 5.02 Å². The van der Waals surface area contributed by atoms with Crippen molar-refractivity contribution in [3.63, 3.8) is 0 Å². The summed E-state index contributed by atoms with van der Waals surface area (Å²) in [5.41, 5.74) is 3.07. The summed E-state index contributed by atoms with van der Waals surface area (Å²) in [6.45, 7) is 1.90. The van der Waals surface area contributed by atoms with Crippen LogP contribution < -0.4 is 20.2 Å². The maximum absolute atomic E-state index is 14.1. The topological polar surface area (TPSA) is 89.8 Å². The molecule has 188 valence electrons. The van der Waals surface area contributed by atoms with Crippen LogP contribution in [-0.4, -0.2) is 23.1 Å². The van der Waals surface area contributed by atoms with E-state index in [4.69, 9.17) is 21.3 Å². The summed E-state index contributed by atoms with van der Waals surface area (Å²) in [4.78, 5) is 45.8. The van der Waals surface area contributed by atoms with Gasteiger partial charge in [0.05, 0.1) is 29.5 Å². The lowest BCUT2D eigenvalue weighted by molar-refractivity contribution is -0.138. The van der Waals surface area contributed by atoms with Gasteiger partial charge >= 0.3 is 5.97 Å². The maximum atomic E-state index is 14.1. The van der Waals surface area contributed by atoms with Crippen LogP contribution in [0.5, 0.6) is 0 Å². The molecule has 0 bridgehead atoms. The fraction of sp³-hybridized carbons (Fsp3) is 0.103. The Balaban J connectivity index is 1.72. The molecule has 1 amide bonds. The van der Waals surface area contributed by atoms with Crippen molar-refractivity contribution < 1.29 is 14.3 Å². The van der Waals surface area contributed by atoms with E-state index in [1.54, 1.807) is 25.1 Å². The largest absolute Gasteiger partial charge is 0.463 e. The quantitative estimate of drug-likeness (QED) is 0.397. The molecule has 0 fully saturated rings. The molecule has 2 aliphatic heterocycles. The van der Waals surface area contributed by atoms with Crippen LogP contribution in [0.3, 0.4) is 0 Å². The molecule has 4 aromatic rings. The Hall–Kier alpha value is -4.27. The van der Waals surface area contributed by atoms with Crippen LogP contribution >= 0.6 is 22.9 Å². The van der Waals surface area contributed by atoms with E-state index >= 15 is 0 Å². The van der Waals surface area contributed by atoms with Gasteiger partial charge in [0.2, 0.25) is 0 Å². The van der Waals surface area contributed by atoms with Gasteiger partial charge in [0.25, 0.3) is 11.5 Å². The number of aromatic nitrogens is 1. The Morgan fingerprint density at radius 1 is 1.05 bits per heavy atom. The second-order valence-electron chi connectivity index (χ2n) is 8.68. The third-order valence-corrected chi connectivity index (χ3v) is 7.71. The third-order valence-electron chi connectivity index (χ3n) is 6.42. The van der Waals surface area contributed by atoms with E-state index in [9.17, 15) is 14.4 Å². The highest BCUT2D eigenvalue weighted by Gasteiger charge is 2.36. The van der Waals surface area contributed by atoms with Crippen LogP contribution in [-0.2, 0) is 14.3 Å². The molecule has 0 saturated carbocycles. The van der Waals surface area contributed by atoms with Gasteiger partial charge in [-0.25, -0.2) is 9.79 Å². The molecule has 0 saturated heterocycles. The number of rotatable bonds is 4. The van der Waals surface area contributed by atoms with Crippen molar-refractivity contribution in [2.45, 2.75) is 13.0 Å². The SMILES string of the molecule is CCOC(=O)C1=C(c2ccccc2)N=c2s/c(=C3\C(=O)Nc4ccc(Cl)cc43)c(=O)n2[C@H]1c1ccccc1. The number of amides is 1. The normalized spacial score (nSPS) is 17.4. The molecular formula is C29H20ClN3O4S. The number of esters is 1. The highest BCUT2D eigenvalue weighted by Crippen LogP contribution is 2.36. The summed E-state index contributed by atoms with van der Waals surface area (Å²) in [5, 5.41) is 3.26. The molecule has 7 nitrogen and oxygen atoms in total. The Bertz CT molecular complexity index is 1830. The molecule has 0 unspecified atom stereocenters. The van der Waals surface area contributed by atoms with E-state index in [1.807, 2.05) is 60.7 Å². The average Bonchev–Trinajstić information content (AvgIpc) is 3.43. The number of carbonyl (C=O) groups excluding carboxylic acids is 2. The van der Waals surface area contributed by atoms with Crippen LogP contribution in [0.1, 0.15) is 29.7 Å². The van der Waals surface area contributed by atoms with Gasteiger partial charge in [-0.15, -0.1) is 0 Å². The summed E-state index contributed by atoms with van der Waals surface area (Å²) in [7, 11) is 0. The standard InChI is InChI=1S/C29H20ClN3O4S/c1-2-37-28(36)22-23(16-9-5-3-6-10-16)32-29-33(24(22)17-11-7-4-8-12-17)27(35)25(38-29)21-19-15-18(30)13-14-20(19)31-26(21)34/h3-15,24H,2H2,1H3,(H,31,34)/b25-21-/t24-/m0/s1. The number of halogens is 1. The van der Waals surface area contributed by atoms with Gasteiger partial charge in [-0.3, -0.25) is 14.2 Å². The zero-order valence-electron chi connectivity index (χ0n) is 20.1. The van der Waals surface area contributed by atoms with Crippen LogP contribution in [0, 0.1) is 0 Å². The number of nitrogens with one attached hydrogen (secondary N) is 1. The zero-order chi connectivity index (χ0) is 26.4. The minimum Gasteiger partial charge on any atom is -0.463 e. The lowest BCUT2D eigenvalue weighted by Crippen LogP contribution is -2.40. The molecular weight excluding hydrogens is 522 g/mol. The second kappa shape index (κ2) is 9.55. The van der Waals surface area contributed by atoms with E-state index < -0.39 is 23.5 Å². The smallest absolute Gasteiger partial charge is 0.338 e. The summed E-state index contributed by atoms with van der Waals surface area (Å²) in [5.74, 6) is -0.950. The number of fused-ring (bicyclic) bond motifs is 2. The summed E-state index contributed by atoms with van der Waals surface area (Å²) in [6.07, 6.45) is 0. The molecule has 38 heavy (non-hydrogen) atoms. The van der Waals surface area contributed by atoms with Gasteiger partial charge in [0.1, 0.15) is 4.53 Å². The number of thiazole rings is 1. The van der Waals surface area contributed by atoms with Crippen LogP contribution in [0.15, 0.2) is 94.2 Å². The van der Waals surface area contributed by atoms with Crippen molar-refractivity contribution >= 4 is 51.8 Å². The monoisotopic (exact) mass is 541 g/mol. The number of carbonyl (C=O) groups is 2. The predicted octanol–water partition coefficient (Wildman–Crippen LogP) is 3.91. The minimum atomic E-state index is -0.806. The first-order valence-electron chi connectivity index (χ1n) is 11.9. The number of anilines is 1. The van der Waals surface area contributed by atoms with E-state index in [1.165, 1.54) is 4.57 Å². The average molecular weight is 542 g/mol. The molecule has 9 heteroatoms. The molecule has 1 N–H and O–H groups in total. The fourth-order valence-electron chi connectivity index (χ4n) is 4.81. The first kappa shape index (κ1) is 24.1. The molecule has 0 spiro atoms. The summed E-state index contributed by atoms with van der Waals surface area (Å²) < 4.78 is 7.18. The van der Waals surface area contributed by atoms with Gasteiger partial charge in [-0.05, 0) is 30.7 Å². The van der Waals surface area contributed by atoms with Crippen molar-refractivity contribution in [2.24, 2.45) is 4.99 Å². The van der Waals surface area contributed by atoms with Gasteiger partial charge < -0.3 is 10.1 Å².